The fourth-order valence-electron chi connectivity index (χ4n) is 2.30. The van der Waals surface area contributed by atoms with Gasteiger partial charge in [-0.25, -0.2) is 4.98 Å². The van der Waals surface area contributed by atoms with Crippen LogP contribution in [-0.2, 0) is 24.7 Å². The van der Waals surface area contributed by atoms with Gasteiger partial charge >= 0.3 is 6.18 Å². The highest BCUT2D eigenvalue weighted by molar-refractivity contribution is 7.13. The Bertz CT molecular complexity index is 812. The van der Waals surface area contributed by atoms with Crippen molar-refractivity contribution < 1.29 is 32.3 Å². The summed E-state index contributed by atoms with van der Waals surface area (Å²) >= 11 is 0.921. The highest BCUT2D eigenvalue weighted by Gasteiger charge is 2.64. The first-order valence-electron chi connectivity index (χ1n) is 7.40. The molecular formula is C16H14F3N3O4S. The lowest BCUT2D eigenvalue weighted by atomic mass is 9.84. The minimum atomic E-state index is -5.31. The van der Waals surface area contributed by atoms with Crippen molar-refractivity contribution in [3.05, 3.63) is 47.5 Å². The van der Waals surface area contributed by atoms with Gasteiger partial charge in [-0.3, -0.25) is 19.7 Å². The summed E-state index contributed by atoms with van der Waals surface area (Å²) in [5.74, 6) is -4.68. The van der Waals surface area contributed by atoms with E-state index in [0.29, 0.717) is 0 Å². The number of thiazole rings is 1. The zero-order chi connectivity index (χ0) is 20.1. The van der Waals surface area contributed by atoms with Crippen LogP contribution >= 0.6 is 11.3 Å². The maximum Gasteiger partial charge on any atom is 0.423 e. The van der Waals surface area contributed by atoms with Crippen LogP contribution in [0, 0.1) is 0 Å². The van der Waals surface area contributed by atoms with Gasteiger partial charge in [-0.1, -0.05) is 30.3 Å². The molecule has 11 heteroatoms. The van der Waals surface area contributed by atoms with Crippen LogP contribution in [-0.4, -0.2) is 42.5 Å². The Morgan fingerprint density at radius 2 is 1.85 bits per heavy atom. The van der Waals surface area contributed by atoms with Crippen molar-refractivity contribution in [2.24, 2.45) is 0 Å². The molecular weight excluding hydrogens is 387 g/mol. The second-order valence-corrected chi connectivity index (χ2v) is 6.11. The summed E-state index contributed by atoms with van der Waals surface area (Å²) in [5.41, 5.74) is -4.19. The predicted octanol–water partition coefficient (Wildman–Crippen LogP) is 1.87. The number of alkyl halides is 3. The van der Waals surface area contributed by atoms with Crippen molar-refractivity contribution in [3.63, 3.8) is 0 Å². The van der Waals surface area contributed by atoms with Crippen molar-refractivity contribution in [1.82, 2.24) is 10.3 Å². The number of nitrogens with one attached hydrogen (secondary N) is 2. The molecule has 0 spiro atoms. The molecule has 7 nitrogen and oxygen atoms in total. The Morgan fingerprint density at radius 3 is 2.37 bits per heavy atom. The van der Waals surface area contributed by atoms with Crippen LogP contribution in [0.3, 0.4) is 0 Å². The Morgan fingerprint density at radius 1 is 1.19 bits per heavy atom. The third-order valence-electron chi connectivity index (χ3n) is 3.43. The third-order valence-corrected chi connectivity index (χ3v) is 4.12. The van der Waals surface area contributed by atoms with Crippen molar-refractivity contribution >= 4 is 34.1 Å². The largest absolute Gasteiger partial charge is 0.423 e. The zero-order valence-electron chi connectivity index (χ0n) is 13.9. The predicted molar refractivity (Wildman–Crippen MR) is 89.9 cm³/mol. The van der Waals surface area contributed by atoms with Gasteiger partial charge in [-0.05, 0) is 5.56 Å². The molecule has 0 saturated carbocycles. The summed E-state index contributed by atoms with van der Waals surface area (Å²) in [6.07, 6.45) is -4.01. The molecule has 1 atom stereocenters. The number of Topliss-reactive ketones (excluding diaryl/α,β-unsaturated/α-hetero) is 1. The van der Waals surface area contributed by atoms with Crippen LogP contribution in [0.4, 0.5) is 18.3 Å². The Balaban J connectivity index is 2.53. The van der Waals surface area contributed by atoms with Gasteiger partial charge in [-0.2, -0.15) is 13.2 Å². The van der Waals surface area contributed by atoms with E-state index in [9.17, 15) is 27.6 Å². The molecule has 0 saturated heterocycles. The first-order chi connectivity index (χ1) is 12.7. The van der Waals surface area contributed by atoms with Crippen LogP contribution in [0.25, 0.3) is 0 Å². The van der Waals surface area contributed by atoms with Crippen LogP contribution in [0.5, 0.6) is 0 Å². The molecule has 144 valence electrons. The number of ether oxygens (including phenoxy) is 1. The number of hydrogen-bond donors (Lipinski definition) is 2. The number of carbonyl (C=O) groups excluding carboxylic acids is 3. The minimum absolute atomic E-state index is 0.0549. The number of rotatable bonds is 7. The molecule has 2 aromatic rings. The molecule has 1 heterocycles. The molecule has 2 amide bonds. The number of methoxy groups -OCH3 is 1. The van der Waals surface area contributed by atoms with E-state index in [1.54, 1.807) is 5.32 Å². The van der Waals surface area contributed by atoms with Gasteiger partial charge in [-0.15, -0.1) is 11.3 Å². The van der Waals surface area contributed by atoms with Gasteiger partial charge in [0, 0.05) is 18.7 Å². The topological polar surface area (TPSA) is 97.4 Å². The number of nitrogens with zero attached hydrogens (tertiary/aromatic N) is 1. The average molecular weight is 401 g/mol. The molecule has 0 aliphatic heterocycles. The van der Waals surface area contributed by atoms with E-state index in [1.807, 2.05) is 5.32 Å². The molecule has 0 bridgehead atoms. The molecule has 1 unspecified atom stereocenters. The van der Waals surface area contributed by atoms with Gasteiger partial charge in [0.1, 0.15) is 6.61 Å². The van der Waals surface area contributed by atoms with Gasteiger partial charge in [0.05, 0.1) is 0 Å². The highest BCUT2D eigenvalue weighted by atomic mass is 32.1. The number of ketones is 1. The molecule has 2 rings (SSSR count). The standard InChI is InChI=1S/C16H14F3N3O4S/c1-26-9-11(23)22-15(16(17,18)19,10-5-3-2-4-6-10)12(24)13(25)21-14-20-7-8-27-14/h2-8H,9H2,1H3,(H,22,23)(H,20,21,25). The van der Waals surface area contributed by atoms with Crippen LogP contribution < -0.4 is 10.6 Å². The quantitative estimate of drug-likeness (QED) is 0.691. The van der Waals surface area contributed by atoms with Gasteiger partial charge in [0.2, 0.25) is 11.4 Å². The molecule has 1 aromatic carbocycles. The van der Waals surface area contributed by atoms with Gasteiger partial charge in [0.15, 0.2) is 5.13 Å². The molecule has 2 N–H and O–H groups in total. The van der Waals surface area contributed by atoms with E-state index in [2.05, 4.69) is 9.72 Å². The lowest BCUT2D eigenvalue weighted by Gasteiger charge is -2.34. The maximum atomic E-state index is 14.1. The van der Waals surface area contributed by atoms with E-state index in [4.69, 9.17) is 0 Å². The van der Waals surface area contributed by atoms with Gasteiger partial charge < -0.3 is 10.1 Å². The van der Waals surface area contributed by atoms with E-state index < -0.39 is 41.5 Å². The third kappa shape index (κ3) is 4.31. The summed E-state index contributed by atoms with van der Waals surface area (Å²) in [6.45, 7) is -0.730. The summed E-state index contributed by atoms with van der Waals surface area (Å²) in [4.78, 5) is 40.5. The number of amides is 2. The Hall–Kier alpha value is -2.79. The van der Waals surface area contributed by atoms with Crippen LogP contribution in [0.15, 0.2) is 41.9 Å². The van der Waals surface area contributed by atoms with Crippen LogP contribution in [0.2, 0.25) is 0 Å². The van der Waals surface area contributed by atoms with Crippen molar-refractivity contribution in [1.29, 1.82) is 0 Å². The van der Waals surface area contributed by atoms with Gasteiger partial charge in [0.25, 0.3) is 11.7 Å². The first-order valence-corrected chi connectivity index (χ1v) is 8.28. The SMILES string of the molecule is COCC(=O)NC(C(=O)C(=O)Nc1nccs1)(c1ccccc1)C(F)(F)F. The van der Waals surface area contributed by atoms with E-state index in [-0.39, 0.29) is 5.13 Å². The smallest absolute Gasteiger partial charge is 0.375 e. The Kier molecular flexibility index (Phi) is 6.28. The summed E-state index contributed by atoms with van der Waals surface area (Å²) in [5, 5.41) is 5.05. The number of aromatic nitrogens is 1. The zero-order valence-corrected chi connectivity index (χ0v) is 14.7. The van der Waals surface area contributed by atoms with E-state index in [1.165, 1.54) is 29.8 Å². The highest BCUT2D eigenvalue weighted by Crippen LogP contribution is 2.40. The molecule has 0 aliphatic carbocycles. The lowest BCUT2D eigenvalue weighted by Crippen LogP contribution is -2.64. The summed E-state index contributed by atoms with van der Waals surface area (Å²) in [6, 6.07) is 5.93. The van der Waals surface area contributed by atoms with E-state index >= 15 is 0 Å². The maximum absolute atomic E-state index is 14.1. The Labute approximate surface area is 155 Å². The number of halogens is 3. The number of anilines is 1. The number of hydrogen-bond acceptors (Lipinski definition) is 6. The monoisotopic (exact) mass is 401 g/mol. The molecule has 0 aliphatic rings. The molecule has 0 fully saturated rings. The molecule has 0 radical (unpaired) electrons. The second kappa shape index (κ2) is 8.27. The lowest BCUT2D eigenvalue weighted by molar-refractivity contribution is -0.204. The van der Waals surface area contributed by atoms with Crippen LogP contribution in [0.1, 0.15) is 5.56 Å². The van der Waals surface area contributed by atoms with E-state index in [0.717, 1.165) is 30.6 Å². The normalized spacial score (nSPS) is 13.5. The number of benzene rings is 1. The summed E-state index contributed by atoms with van der Waals surface area (Å²) < 4.78 is 46.8. The minimum Gasteiger partial charge on any atom is -0.375 e. The van der Waals surface area contributed by atoms with Crippen molar-refractivity contribution in [3.8, 4) is 0 Å². The number of carbonyl (C=O) groups is 3. The molecule has 27 heavy (non-hydrogen) atoms. The fourth-order valence-corrected chi connectivity index (χ4v) is 2.82. The fraction of sp³-hybridized carbons (Fsp3) is 0.250. The summed E-state index contributed by atoms with van der Waals surface area (Å²) in [7, 11) is 1.11. The first kappa shape index (κ1) is 20.5. The van der Waals surface area contributed by atoms with Crippen molar-refractivity contribution in [2.75, 3.05) is 19.0 Å². The molecule has 1 aromatic heterocycles. The second-order valence-electron chi connectivity index (χ2n) is 5.22. The van der Waals surface area contributed by atoms with Crippen molar-refractivity contribution in [2.45, 2.75) is 11.7 Å². The average Bonchev–Trinajstić information content (AvgIpc) is 3.12.